The van der Waals surface area contributed by atoms with Crippen molar-refractivity contribution in [2.75, 3.05) is 6.54 Å². The molecule has 2 rings (SSSR count). The van der Waals surface area contributed by atoms with E-state index in [9.17, 15) is 0 Å². The Hall–Kier alpha value is -0.120. The van der Waals surface area contributed by atoms with Crippen LogP contribution in [-0.4, -0.2) is 11.5 Å². The van der Waals surface area contributed by atoms with Gasteiger partial charge in [0.05, 0.1) is 16.8 Å². The Morgan fingerprint density at radius 2 is 2.42 bits per heavy atom. The molecule has 1 N–H and O–H groups in total. The molecule has 2 nitrogen and oxygen atoms in total. The van der Waals surface area contributed by atoms with Gasteiger partial charge in [-0.1, -0.05) is 11.6 Å². The first-order valence-corrected chi connectivity index (χ1v) is 4.99. The second kappa shape index (κ2) is 3.32. The molecule has 1 aromatic heterocycles. The molecule has 2 heterocycles. The lowest BCUT2D eigenvalue weighted by Crippen LogP contribution is -2.35. The van der Waals surface area contributed by atoms with E-state index in [4.69, 9.17) is 11.6 Å². The maximum atomic E-state index is 5.77. The molecule has 1 atom stereocenters. The fraction of sp³-hybridized carbons (Fsp3) is 0.375. The van der Waals surface area contributed by atoms with Crippen molar-refractivity contribution in [3.8, 4) is 0 Å². The highest BCUT2D eigenvalue weighted by Crippen LogP contribution is 2.29. The molecule has 0 aliphatic carbocycles. The van der Waals surface area contributed by atoms with Gasteiger partial charge >= 0.3 is 0 Å². The van der Waals surface area contributed by atoms with Crippen LogP contribution in [0.1, 0.15) is 18.2 Å². The topological polar surface area (TPSA) is 24.9 Å². The average Bonchev–Trinajstić information content (AvgIpc) is 1.91. The Kier molecular flexibility index (Phi) is 2.35. The lowest BCUT2D eigenvalue weighted by atomic mass is 10.0. The first kappa shape index (κ1) is 8.48. The van der Waals surface area contributed by atoms with Crippen LogP contribution in [0, 0.1) is 0 Å². The Labute approximate surface area is 84.5 Å². The zero-order valence-corrected chi connectivity index (χ0v) is 8.69. The Morgan fingerprint density at radius 1 is 1.67 bits per heavy atom. The lowest BCUT2D eigenvalue weighted by molar-refractivity contribution is 0.374. The zero-order valence-electron chi connectivity index (χ0n) is 6.35. The fourth-order valence-corrected chi connectivity index (χ4v) is 2.12. The Bertz CT molecular complexity index is 299. The molecule has 4 heteroatoms. The van der Waals surface area contributed by atoms with E-state index in [0.29, 0.717) is 11.1 Å². The monoisotopic (exact) mass is 246 g/mol. The van der Waals surface area contributed by atoms with Crippen molar-refractivity contribution in [1.29, 1.82) is 0 Å². The fourth-order valence-electron chi connectivity index (χ4n) is 1.20. The van der Waals surface area contributed by atoms with Crippen LogP contribution in [0.3, 0.4) is 0 Å². The Balaban J connectivity index is 2.31. The van der Waals surface area contributed by atoms with E-state index in [1.165, 1.54) is 0 Å². The van der Waals surface area contributed by atoms with Crippen LogP contribution in [0.2, 0.25) is 5.02 Å². The highest BCUT2D eigenvalue weighted by atomic mass is 79.9. The van der Waals surface area contributed by atoms with Crippen LogP contribution in [0.15, 0.2) is 16.7 Å². The van der Waals surface area contributed by atoms with Gasteiger partial charge in [-0.05, 0) is 35.0 Å². The summed E-state index contributed by atoms with van der Waals surface area (Å²) in [6, 6.07) is 2.29. The molecule has 12 heavy (non-hydrogen) atoms. The summed E-state index contributed by atoms with van der Waals surface area (Å²) in [6.07, 6.45) is 2.84. The van der Waals surface area contributed by atoms with Gasteiger partial charge in [0.2, 0.25) is 0 Å². The normalized spacial score (nSPS) is 22.0. The van der Waals surface area contributed by atoms with E-state index >= 15 is 0 Å². The van der Waals surface area contributed by atoms with Crippen molar-refractivity contribution in [2.24, 2.45) is 0 Å². The number of hydrogen-bond donors (Lipinski definition) is 1. The first-order chi connectivity index (χ1) is 5.77. The lowest BCUT2D eigenvalue weighted by Gasteiger charge is -2.27. The summed E-state index contributed by atoms with van der Waals surface area (Å²) in [5.74, 6) is 0. The summed E-state index contributed by atoms with van der Waals surface area (Å²) in [4.78, 5) is 4.26. The molecule has 0 spiro atoms. The van der Waals surface area contributed by atoms with E-state index in [1.807, 2.05) is 6.07 Å². The predicted octanol–water partition coefficient (Wildman–Crippen LogP) is 2.53. The van der Waals surface area contributed by atoms with E-state index in [2.05, 4.69) is 26.2 Å². The number of nitrogens with one attached hydrogen (secondary N) is 1. The third kappa shape index (κ3) is 1.49. The summed E-state index contributed by atoms with van der Waals surface area (Å²) in [7, 11) is 0. The van der Waals surface area contributed by atoms with Gasteiger partial charge in [-0.15, -0.1) is 0 Å². The van der Waals surface area contributed by atoms with E-state index in [1.54, 1.807) is 6.20 Å². The van der Waals surface area contributed by atoms with Crippen molar-refractivity contribution >= 4 is 27.5 Å². The SMILES string of the molecule is Clc1cnc([C@@H]2CCN2)c(Br)c1. The summed E-state index contributed by atoms with van der Waals surface area (Å²) in [5, 5.41) is 3.96. The molecule has 1 fully saturated rings. The molecular formula is C8H8BrClN2. The van der Waals surface area contributed by atoms with Gasteiger partial charge in [-0.2, -0.15) is 0 Å². The van der Waals surface area contributed by atoms with Gasteiger partial charge in [0.1, 0.15) is 0 Å². The van der Waals surface area contributed by atoms with Crippen LogP contribution >= 0.6 is 27.5 Å². The number of nitrogens with zero attached hydrogens (tertiary/aromatic N) is 1. The van der Waals surface area contributed by atoms with Gasteiger partial charge in [-0.3, -0.25) is 4.98 Å². The minimum Gasteiger partial charge on any atom is -0.308 e. The van der Waals surface area contributed by atoms with Gasteiger partial charge in [0.25, 0.3) is 0 Å². The molecule has 0 radical (unpaired) electrons. The first-order valence-electron chi connectivity index (χ1n) is 3.81. The minimum atomic E-state index is 0.414. The molecule has 64 valence electrons. The molecule has 1 aromatic rings. The van der Waals surface area contributed by atoms with Crippen LogP contribution in [0.25, 0.3) is 0 Å². The molecule has 0 aromatic carbocycles. The van der Waals surface area contributed by atoms with Crippen molar-refractivity contribution in [1.82, 2.24) is 10.3 Å². The Morgan fingerprint density at radius 3 is 2.92 bits per heavy atom. The second-order valence-electron chi connectivity index (χ2n) is 2.82. The third-order valence-electron chi connectivity index (χ3n) is 1.99. The third-order valence-corrected chi connectivity index (χ3v) is 2.83. The average molecular weight is 248 g/mol. The quantitative estimate of drug-likeness (QED) is 0.825. The van der Waals surface area contributed by atoms with Crippen LogP contribution < -0.4 is 5.32 Å². The summed E-state index contributed by atoms with van der Waals surface area (Å²) in [6.45, 7) is 1.08. The van der Waals surface area contributed by atoms with Gasteiger partial charge in [-0.25, -0.2) is 0 Å². The van der Waals surface area contributed by atoms with Crippen LogP contribution in [-0.2, 0) is 0 Å². The highest BCUT2D eigenvalue weighted by Gasteiger charge is 2.21. The van der Waals surface area contributed by atoms with E-state index in [-0.39, 0.29) is 0 Å². The smallest absolute Gasteiger partial charge is 0.0716 e. The van der Waals surface area contributed by atoms with E-state index < -0.39 is 0 Å². The molecule has 0 unspecified atom stereocenters. The minimum absolute atomic E-state index is 0.414. The van der Waals surface area contributed by atoms with E-state index in [0.717, 1.165) is 23.1 Å². The molecule has 0 amide bonds. The maximum absolute atomic E-state index is 5.77. The summed E-state index contributed by atoms with van der Waals surface area (Å²) < 4.78 is 0.993. The zero-order chi connectivity index (χ0) is 8.55. The maximum Gasteiger partial charge on any atom is 0.0716 e. The number of halogens is 2. The van der Waals surface area contributed by atoms with Gasteiger partial charge in [0.15, 0.2) is 0 Å². The second-order valence-corrected chi connectivity index (χ2v) is 4.11. The number of rotatable bonds is 1. The van der Waals surface area contributed by atoms with Gasteiger partial charge in [0, 0.05) is 10.7 Å². The van der Waals surface area contributed by atoms with Crippen LogP contribution in [0.4, 0.5) is 0 Å². The molecular weight excluding hydrogens is 239 g/mol. The molecule has 1 aliphatic rings. The summed E-state index contributed by atoms with van der Waals surface area (Å²) in [5.41, 5.74) is 1.06. The number of pyridine rings is 1. The molecule has 0 bridgehead atoms. The number of hydrogen-bond acceptors (Lipinski definition) is 2. The summed E-state index contributed by atoms with van der Waals surface area (Å²) >= 11 is 9.21. The predicted molar refractivity (Wildman–Crippen MR) is 52.3 cm³/mol. The van der Waals surface area contributed by atoms with Gasteiger partial charge < -0.3 is 5.32 Å². The highest BCUT2D eigenvalue weighted by molar-refractivity contribution is 9.10. The molecule has 0 saturated carbocycles. The van der Waals surface area contributed by atoms with Crippen molar-refractivity contribution in [3.63, 3.8) is 0 Å². The van der Waals surface area contributed by atoms with Crippen molar-refractivity contribution < 1.29 is 0 Å². The largest absolute Gasteiger partial charge is 0.308 e. The molecule has 1 aliphatic heterocycles. The van der Waals surface area contributed by atoms with Crippen LogP contribution in [0.5, 0.6) is 0 Å². The van der Waals surface area contributed by atoms with Crippen molar-refractivity contribution in [3.05, 3.63) is 27.5 Å². The molecule has 1 saturated heterocycles. The van der Waals surface area contributed by atoms with Crippen molar-refractivity contribution in [2.45, 2.75) is 12.5 Å². The standard InChI is InChI=1S/C8H8BrClN2/c9-6-3-5(10)4-12-8(6)7-1-2-11-7/h3-4,7,11H,1-2H2/t7-/m0/s1. The number of aromatic nitrogens is 1.